The van der Waals surface area contributed by atoms with Gasteiger partial charge in [0.1, 0.15) is 23.5 Å². The van der Waals surface area contributed by atoms with Gasteiger partial charge in [-0.05, 0) is 128 Å². The van der Waals surface area contributed by atoms with Crippen LogP contribution in [-0.4, -0.2) is 63.9 Å². The third kappa shape index (κ3) is 12.3. The van der Waals surface area contributed by atoms with Crippen LogP contribution in [-0.2, 0) is 23.9 Å². The van der Waals surface area contributed by atoms with Gasteiger partial charge >= 0.3 is 11.9 Å². The number of esters is 2. The molecule has 4 N–H and O–H groups in total. The number of carbonyl (C=O) groups is 4. The number of rotatable bonds is 20. The molecule has 11 nitrogen and oxygen atoms in total. The number of hydrogen-bond donors (Lipinski definition) is 4. The van der Waals surface area contributed by atoms with Gasteiger partial charge in [-0.1, -0.05) is 70.2 Å². The van der Waals surface area contributed by atoms with Crippen molar-refractivity contribution >= 4 is 29.4 Å². The first-order valence-corrected chi connectivity index (χ1v) is 22.7. The summed E-state index contributed by atoms with van der Waals surface area (Å²) >= 11 is 0. The van der Waals surface area contributed by atoms with Gasteiger partial charge in [0.15, 0.2) is 0 Å². The average molecular weight is 885 g/mol. The second kappa shape index (κ2) is 22.1. The Balaban J connectivity index is 0.947. The van der Waals surface area contributed by atoms with Crippen LogP contribution in [0, 0.1) is 47.1 Å². The molecule has 1 saturated heterocycles. The molecule has 0 spiro atoms. The molecular formula is C51H62F2N2O9. The van der Waals surface area contributed by atoms with E-state index in [0.717, 1.165) is 12.0 Å². The van der Waals surface area contributed by atoms with Crippen molar-refractivity contribution in [1.82, 2.24) is 5.32 Å². The first-order chi connectivity index (χ1) is 30.6. The van der Waals surface area contributed by atoms with Crippen molar-refractivity contribution in [2.45, 2.75) is 116 Å². The van der Waals surface area contributed by atoms with Crippen molar-refractivity contribution in [3.8, 4) is 5.75 Å². The Kier molecular flexibility index (Phi) is 16.7. The fourth-order valence-electron chi connectivity index (χ4n) is 9.35. The number of benzene rings is 3. The van der Waals surface area contributed by atoms with Crippen molar-refractivity contribution < 1.29 is 52.8 Å². The number of carbonyl (C=O) groups excluding carboxylic acids is 4. The number of anilines is 1. The van der Waals surface area contributed by atoms with E-state index in [1.807, 2.05) is 13.8 Å². The van der Waals surface area contributed by atoms with Crippen LogP contribution in [0.5, 0.6) is 5.75 Å². The van der Waals surface area contributed by atoms with E-state index in [-0.39, 0.29) is 85.5 Å². The highest BCUT2D eigenvalue weighted by Crippen LogP contribution is 2.47. The Labute approximate surface area is 374 Å². The third-order valence-electron chi connectivity index (χ3n) is 13.1. The molecule has 13 heteroatoms. The first-order valence-electron chi connectivity index (χ1n) is 22.7. The quantitative estimate of drug-likeness (QED) is 0.0498. The van der Waals surface area contributed by atoms with Gasteiger partial charge in [-0.25, -0.2) is 8.78 Å². The van der Waals surface area contributed by atoms with E-state index in [2.05, 4.69) is 37.4 Å². The fraction of sp³-hybridized carbons (Fsp3) is 0.490. The van der Waals surface area contributed by atoms with Crippen LogP contribution in [0.3, 0.4) is 0 Å². The summed E-state index contributed by atoms with van der Waals surface area (Å²) < 4.78 is 38.8. The number of β-lactam (4-membered cyclic amide) rings is 1. The standard InChI is InChI=1S/C51H62F2N2O9/c1-5-31(3)51(62)64-45-27-30(2)26-35-7-6-32(4)42(48(35)45)21-18-39(56)28-40(57)29-46(59)54-25-24-47(60)63-41-19-10-34(11-20-41)49-43(22-23-44(58)33-8-12-36(52)13-9-33)50(61)55(49)38-16-14-37(53)15-17-38/h6-17,19-20,26,30-32,39-40,42-45,48-49,56-58H,5,18,21-25,27-29H2,1-4H3,(H,54,59). The zero-order valence-corrected chi connectivity index (χ0v) is 37.1. The summed E-state index contributed by atoms with van der Waals surface area (Å²) in [5.74, 6) is -2.09. The topological polar surface area (TPSA) is 163 Å². The minimum absolute atomic E-state index is 0.00853. The van der Waals surface area contributed by atoms with Gasteiger partial charge in [-0.3, -0.25) is 19.2 Å². The van der Waals surface area contributed by atoms with E-state index in [1.54, 1.807) is 29.2 Å². The maximum Gasteiger partial charge on any atom is 0.312 e. The fourth-order valence-corrected chi connectivity index (χ4v) is 9.35. The molecule has 11 unspecified atom stereocenters. The van der Waals surface area contributed by atoms with Crippen molar-refractivity contribution in [1.29, 1.82) is 0 Å². The van der Waals surface area contributed by atoms with Crippen LogP contribution in [0.4, 0.5) is 14.5 Å². The van der Waals surface area contributed by atoms with Gasteiger partial charge in [0.2, 0.25) is 11.8 Å². The van der Waals surface area contributed by atoms with Crippen LogP contribution in [0.15, 0.2) is 96.6 Å². The Hall–Kier alpha value is -5.24. The smallest absolute Gasteiger partial charge is 0.312 e. The number of nitrogens with one attached hydrogen (secondary N) is 1. The second-order valence-corrected chi connectivity index (χ2v) is 17.9. The van der Waals surface area contributed by atoms with Crippen LogP contribution >= 0.6 is 0 Å². The Morgan fingerprint density at radius 1 is 0.891 bits per heavy atom. The zero-order chi connectivity index (χ0) is 46.1. The van der Waals surface area contributed by atoms with Crippen LogP contribution in [0.1, 0.15) is 109 Å². The number of nitrogens with zero attached hydrogens (tertiary/aromatic N) is 1. The lowest BCUT2D eigenvalue weighted by Gasteiger charge is -2.48. The van der Waals surface area contributed by atoms with E-state index in [4.69, 9.17) is 9.47 Å². The van der Waals surface area contributed by atoms with E-state index in [0.29, 0.717) is 36.9 Å². The lowest BCUT2D eigenvalue weighted by Crippen LogP contribution is -2.55. The molecular weight excluding hydrogens is 823 g/mol. The van der Waals surface area contributed by atoms with Gasteiger partial charge in [0, 0.05) is 18.2 Å². The second-order valence-electron chi connectivity index (χ2n) is 17.9. The molecule has 11 atom stereocenters. The molecule has 3 aromatic carbocycles. The number of aliphatic hydroxyl groups excluding tert-OH is 3. The number of fused-ring (bicyclic) bond motifs is 1. The predicted octanol–water partition coefficient (Wildman–Crippen LogP) is 8.24. The maximum atomic E-state index is 13.8. The summed E-state index contributed by atoms with van der Waals surface area (Å²) in [7, 11) is 0. The molecule has 2 aliphatic carbocycles. The van der Waals surface area contributed by atoms with Gasteiger partial charge in [0.25, 0.3) is 0 Å². The molecule has 2 amide bonds. The Morgan fingerprint density at radius 3 is 2.23 bits per heavy atom. The lowest BCUT2D eigenvalue weighted by atomic mass is 9.65. The van der Waals surface area contributed by atoms with Crippen molar-refractivity contribution in [3.63, 3.8) is 0 Å². The number of aliphatic hydroxyl groups is 3. The molecule has 3 aliphatic rings. The molecule has 3 aromatic rings. The largest absolute Gasteiger partial charge is 0.461 e. The Morgan fingerprint density at radius 2 is 1.56 bits per heavy atom. The van der Waals surface area contributed by atoms with Crippen molar-refractivity contribution in [2.24, 2.45) is 35.5 Å². The van der Waals surface area contributed by atoms with E-state index < -0.39 is 53.8 Å². The normalized spacial score (nSPS) is 24.6. The molecule has 344 valence electrons. The van der Waals surface area contributed by atoms with Crippen molar-refractivity contribution in [2.75, 3.05) is 11.4 Å². The summed E-state index contributed by atoms with van der Waals surface area (Å²) in [5, 5.41) is 35.0. The molecule has 0 radical (unpaired) electrons. The monoisotopic (exact) mass is 884 g/mol. The number of amides is 2. The number of allylic oxidation sites excluding steroid dienone is 3. The Bertz CT molecular complexity index is 2130. The molecule has 1 aliphatic heterocycles. The summed E-state index contributed by atoms with van der Waals surface area (Å²) in [5.41, 5.74) is 2.95. The van der Waals surface area contributed by atoms with Crippen LogP contribution < -0.4 is 15.0 Å². The van der Waals surface area contributed by atoms with E-state index >= 15 is 0 Å². The minimum atomic E-state index is -1.09. The summed E-state index contributed by atoms with van der Waals surface area (Å²) in [4.78, 5) is 53.2. The summed E-state index contributed by atoms with van der Waals surface area (Å²) in [6, 6.07) is 17.4. The predicted molar refractivity (Wildman–Crippen MR) is 237 cm³/mol. The molecule has 64 heavy (non-hydrogen) atoms. The number of hydrogen-bond acceptors (Lipinski definition) is 9. The van der Waals surface area contributed by atoms with Gasteiger partial charge in [-0.15, -0.1) is 0 Å². The first kappa shape index (κ1) is 48.2. The third-order valence-corrected chi connectivity index (χ3v) is 13.1. The van der Waals surface area contributed by atoms with E-state index in [9.17, 15) is 43.3 Å². The lowest BCUT2D eigenvalue weighted by molar-refractivity contribution is -0.158. The van der Waals surface area contributed by atoms with Crippen LogP contribution in [0.25, 0.3) is 0 Å². The zero-order valence-electron chi connectivity index (χ0n) is 37.1. The maximum absolute atomic E-state index is 13.8. The molecule has 0 saturated carbocycles. The highest BCUT2D eigenvalue weighted by molar-refractivity contribution is 6.03. The number of halogens is 2. The van der Waals surface area contributed by atoms with Gasteiger partial charge < -0.3 is 35.0 Å². The highest BCUT2D eigenvalue weighted by atomic mass is 19.1. The number of ether oxygens (including phenoxy) is 2. The molecule has 0 aromatic heterocycles. The van der Waals surface area contributed by atoms with Gasteiger partial charge in [-0.2, -0.15) is 0 Å². The molecule has 1 heterocycles. The molecule has 0 bridgehead atoms. The molecule has 6 rings (SSSR count). The summed E-state index contributed by atoms with van der Waals surface area (Å²) in [6.45, 7) is 8.08. The van der Waals surface area contributed by atoms with Crippen molar-refractivity contribution in [3.05, 3.63) is 119 Å². The highest BCUT2D eigenvalue weighted by Gasteiger charge is 2.48. The average Bonchev–Trinajstić information content (AvgIpc) is 3.26. The van der Waals surface area contributed by atoms with Gasteiger partial charge in [0.05, 0.1) is 49.0 Å². The summed E-state index contributed by atoms with van der Waals surface area (Å²) in [6.07, 6.45) is 6.20. The van der Waals surface area contributed by atoms with Crippen LogP contribution in [0.2, 0.25) is 0 Å². The SMILES string of the molecule is CCC(C)C(=O)OC1CC(C)C=C2C=CC(C)C(CCC(O)CC(O)CC(=O)NCCC(=O)Oc3ccc(C4C(CCC(O)c5ccc(F)cc5)C(=O)N4c4ccc(F)cc4)cc3)C21. The minimum Gasteiger partial charge on any atom is -0.461 e. The van der Waals surface area contributed by atoms with E-state index in [1.165, 1.54) is 54.1 Å². The molecule has 1 fully saturated rings.